The summed E-state index contributed by atoms with van der Waals surface area (Å²) in [6, 6.07) is 17.0. The summed E-state index contributed by atoms with van der Waals surface area (Å²) in [6.45, 7) is 6.48. The summed E-state index contributed by atoms with van der Waals surface area (Å²) < 4.78 is 90.1. The highest BCUT2D eigenvalue weighted by Crippen LogP contribution is 2.38. The Morgan fingerprint density at radius 1 is 0.746 bits per heavy atom. The van der Waals surface area contributed by atoms with Crippen molar-refractivity contribution in [2.24, 2.45) is 0 Å². The van der Waals surface area contributed by atoms with E-state index in [1.807, 2.05) is 0 Å². The molecule has 0 bridgehead atoms. The van der Waals surface area contributed by atoms with Gasteiger partial charge in [0.25, 0.3) is 0 Å². The van der Waals surface area contributed by atoms with E-state index in [1.165, 1.54) is 60.4 Å². The number of benzene rings is 4. The van der Waals surface area contributed by atoms with E-state index in [0.717, 1.165) is 12.1 Å². The fourth-order valence-electron chi connectivity index (χ4n) is 6.00. The minimum atomic E-state index is -4.72. The summed E-state index contributed by atoms with van der Waals surface area (Å²) in [7, 11) is 0. The van der Waals surface area contributed by atoms with E-state index in [9.17, 15) is 51.3 Å². The first-order chi connectivity index (χ1) is 27.5. The van der Waals surface area contributed by atoms with Gasteiger partial charge < -0.3 is 25.0 Å². The Hall–Kier alpha value is -5.15. The van der Waals surface area contributed by atoms with E-state index >= 15 is 0 Å². The number of carbonyl (C=O) groups is 2. The van der Waals surface area contributed by atoms with Crippen LogP contribution < -0.4 is 5.32 Å². The van der Waals surface area contributed by atoms with Crippen molar-refractivity contribution >= 4 is 48.0 Å². The number of nitrogens with one attached hydrogen (secondary N) is 1. The Kier molecular flexibility index (Phi) is 14.9. The lowest BCUT2D eigenvalue weighted by Gasteiger charge is -2.27. The van der Waals surface area contributed by atoms with Gasteiger partial charge in [-0.1, -0.05) is 84.4 Å². The third kappa shape index (κ3) is 12.2. The van der Waals surface area contributed by atoms with Gasteiger partial charge in [0.2, 0.25) is 0 Å². The molecular formula is C44H45ClF6N2O6. The van der Waals surface area contributed by atoms with Gasteiger partial charge in [-0.15, -0.1) is 0 Å². The first-order valence-electron chi connectivity index (χ1n) is 18.3. The van der Waals surface area contributed by atoms with E-state index in [-0.39, 0.29) is 35.8 Å². The second-order valence-corrected chi connectivity index (χ2v) is 15.4. The molecule has 15 heteroatoms. The lowest BCUT2D eigenvalue weighted by Crippen LogP contribution is -2.52. The molecule has 59 heavy (non-hydrogen) atoms. The summed E-state index contributed by atoms with van der Waals surface area (Å²) >= 11 is 6.88. The third-order valence-corrected chi connectivity index (χ3v) is 9.71. The molecule has 0 aliphatic rings. The fraction of sp³-hybridized carbons (Fsp3) is 0.318. The van der Waals surface area contributed by atoms with Crippen LogP contribution in [0, 0.1) is 6.92 Å². The largest absolute Gasteiger partial charge is 0.480 e. The fourth-order valence-corrected chi connectivity index (χ4v) is 6.29. The molecule has 4 N–H and O–H groups in total. The predicted molar refractivity (Wildman–Crippen MR) is 216 cm³/mol. The van der Waals surface area contributed by atoms with Gasteiger partial charge in [0, 0.05) is 25.2 Å². The highest BCUT2D eigenvalue weighted by atomic mass is 35.5. The third-order valence-electron chi connectivity index (χ3n) is 9.29. The van der Waals surface area contributed by atoms with Gasteiger partial charge in [-0.2, -0.15) is 26.3 Å². The van der Waals surface area contributed by atoms with Crippen molar-refractivity contribution in [3.63, 3.8) is 0 Å². The van der Waals surface area contributed by atoms with Crippen molar-refractivity contribution in [2.75, 3.05) is 19.8 Å². The number of amides is 1. The molecule has 1 amide bonds. The average molecular weight is 847 g/mol. The minimum Gasteiger partial charge on any atom is -0.480 e. The van der Waals surface area contributed by atoms with Gasteiger partial charge in [0.1, 0.15) is 11.1 Å². The second-order valence-electron chi connectivity index (χ2n) is 15.0. The highest BCUT2D eigenvalue weighted by molar-refractivity contribution is 6.35. The van der Waals surface area contributed by atoms with Gasteiger partial charge in [0.05, 0.1) is 29.4 Å². The minimum absolute atomic E-state index is 0.110. The van der Waals surface area contributed by atoms with Crippen molar-refractivity contribution in [2.45, 2.75) is 71.2 Å². The maximum Gasteiger partial charge on any atom is 0.416 e. The summed E-state index contributed by atoms with van der Waals surface area (Å²) in [5, 5.41) is 31.4. The molecule has 0 aliphatic heterocycles. The molecule has 1 unspecified atom stereocenters. The smallest absolute Gasteiger partial charge is 0.416 e. The number of hydrogen-bond acceptors (Lipinski definition) is 6. The van der Waals surface area contributed by atoms with Gasteiger partial charge in [-0.25, -0.2) is 4.79 Å². The maximum absolute atomic E-state index is 14.2. The van der Waals surface area contributed by atoms with Crippen molar-refractivity contribution in [3.05, 3.63) is 128 Å². The molecule has 4 aromatic rings. The number of aliphatic carboxylic acids is 1. The van der Waals surface area contributed by atoms with Crippen LogP contribution in [0.15, 0.2) is 72.8 Å². The topological polar surface area (TPSA) is 119 Å². The first-order valence-corrected chi connectivity index (χ1v) is 18.7. The van der Waals surface area contributed by atoms with Crippen LogP contribution in [0.5, 0.6) is 0 Å². The zero-order valence-electron chi connectivity index (χ0n) is 32.9. The number of alkyl halides is 6. The number of rotatable bonds is 14. The molecule has 4 rings (SSSR count). The Labute approximate surface area is 343 Å². The molecule has 316 valence electrons. The first kappa shape index (κ1) is 46.5. The number of ether oxygens (including phenoxy) is 1. The quantitative estimate of drug-likeness (QED) is 0.0737. The van der Waals surface area contributed by atoms with E-state index in [2.05, 4.69) is 5.32 Å². The van der Waals surface area contributed by atoms with Crippen molar-refractivity contribution in [3.8, 4) is 11.1 Å². The lowest BCUT2D eigenvalue weighted by atomic mass is 9.94. The average Bonchev–Trinajstić information content (AvgIpc) is 3.14. The number of halogens is 7. The molecule has 8 nitrogen and oxygen atoms in total. The van der Waals surface area contributed by atoms with E-state index in [1.54, 1.807) is 64.1 Å². The van der Waals surface area contributed by atoms with Crippen LogP contribution in [-0.2, 0) is 35.0 Å². The van der Waals surface area contributed by atoms with Crippen LogP contribution in [0.4, 0.5) is 31.1 Å². The molecule has 0 saturated carbocycles. The summed E-state index contributed by atoms with van der Waals surface area (Å²) in [6.07, 6.45) is -4.66. The molecule has 4 aromatic carbocycles. The molecule has 0 aromatic heterocycles. The molecule has 0 fully saturated rings. The Morgan fingerprint density at radius 2 is 1.25 bits per heavy atom. The van der Waals surface area contributed by atoms with Gasteiger partial charge in [0.15, 0.2) is 0 Å². The van der Waals surface area contributed by atoms with Gasteiger partial charge in [-0.3, -0.25) is 10.1 Å². The summed E-state index contributed by atoms with van der Waals surface area (Å²) in [5.41, 5.74) is -1.39. The molecule has 0 spiro atoms. The predicted octanol–water partition coefficient (Wildman–Crippen LogP) is 10.3. The van der Waals surface area contributed by atoms with E-state index < -0.39 is 59.9 Å². The molecule has 0 aliphatic carbocycles. The summed E-state index contributed by atoms with van der Waals surface area (Å²) in [4.78, 5) is 25.5. The number of aliphatic hydroxyl groups is 2. The van der Waals surface area contributed by atoms with E-state index in [0.29, 0.717) is 38.9 Å². The number of aliphatic hydroxyl groups excluding tert-OH is 2. The SMILES string of the molecule is Cc1c(/C=C/c2cc(CNC(C)(CO)C(=O)O)ccc2C(F)(F)F)cccc1-c1cccc(/C=C/c2cc(CN(CCO)C(=O)OC(C)(C)C)ccc2C(F)(F)F)c1Cl. The number of carbonyl (C=O) groups excluding carboxylic acids is 1. The standard InChI is InChI=1S/C44H45ClF6N2O6/c1-27-30(14-16-32-22-28(12-18-36(32)43(46,47)48)24-52-42(5,26-55)39(56)57)8-6-10-34(27)35-11-7-9-31(38(35)45)15-17-33-23-29(13-19-37(33)44(49,50)51)25-53(20-21-54)40(58)59-41(2,3)4/h6-19,22-23,52,54-55H,20-21,24-26H2,1-5H3,(H,56,57)/b16-14+,17-15+. The van der Waals surface area contributed by atoms with E-state index in [4.69, 9.17) is 16.3 Å². The van der Waals surface area contributed by atoms with Crippen LogP contribution in [0.3, 0.4) is 0 Å². The monoisotopic (exact) mass is 846 g/mol. The number of hydrogen-bond donors (Lipinski definition) is 4. The summed E-state index contributed by atoms with van der Waals surface area (Å²) in [5.74, 6) is -1.33. The van der Waals surface area contributed by atoms with Gasteiger partial charge >= 0.3 is 24.4 Å². The molecule has 0 radical (unpaired) electrons. The van der Waals surface area contributed by atoms with Crippen LogP contribution in [0.25, 0.3) is 35.4 Å². The van der Waals surface area contributed by atoms with Crippen LogP contribution in [0.2, 0.25) is 5.02 Å². The molecule has 0 saturated heterocycles. The van der Waals surface area contributed by atoms with Crippen LogP contribution in [0.1, 0.15) is 77.8 Å². The Bertz CT molecular complexity index is 2210. The number of carboxylic acid groups (broad SMARTS) is 1. The maximum atomic E-state index is 14.2. The van der Waals surface area contributed by atoms with Crippen LogP contribution >= 0.6 is 11.6 Å². The zero-order valence-corrected chi connectivity index (χ0v) is 33.7. The second kappa shape index (κ2) is 18.8. The Morgan fingerprint density at radius 3 is 1.78 bits per heavy atom. The number of carboxylic acids is 1. The van der Waals surface area contributed by atoms with Crippen molar-refractivity contribution in [1.82, 2.24) is 10.2 Å². The Balaban J connectivity index is 1.68. The lowest BCUT2D eigenvalue weighted by molar-refractivity contribution is -0.146. The number of nitrogens with zero attached hydrogens (tertiary/aromatic N) is 1. The highest BCUT2D eigenvalue weighted by Gasteiger charge is 2.35. The zero-order chi connectivity index (χ0) is 43.9. The molecule has 0 heterocycles. The molecular weight excluding hydrogens is 802 g/mol. The van der Waals surface area contributed by atoms with Crippen LogP contribution in [-0.4, -0.2) is 63.2 Å². The van der Waals surface area contributed by atoms with Gasteiger partial charge in [-0.05, 0) is 103 Å². The van der Waals surface area contributed by atoms with Crippen molar-refractivity contribution in [1.29, 1.82) is 0 Å². The van der Waals surface area contributed by atoms with Crippen molar-refractivity contribution < 1.29 is 56.0 Å². The normalized spacial score (nSPS) is 13.5. The molecule has 1 atom stereocenters.